The maximum Gasteiger partial charge on any atom is 0.230 e. The fourth-order valence-corrected chi connectivity index (χ4v) is 11.5. The number of nitrogens with one attached hydrogen (secondary N) is 1. The van der Waals surface area contributed by atoms with E-state index in [9.17, 15) is 15.8 Å². The zero-order chi connectivity index (χ0) is 60.1. The minimum absolute atomic E-state index is 0.0966. The predicted molar refractivity (Wildman–Crippen MR) is 327 cm³/mol. The highest BCUT2D eigenvalue weighted by atomic mass is 79.9. The van der Waals surface area contributed by atoms with E-state index in [4.69, 9.17) is 59.2 Å². The van der Waals surface area contributed by atoms with E-state index in [1.165, 1.54) is 0 Å². The zero-order valence-corrected chi connectivity index (χ0v) is 52.1. The van der Waals surface area contributed by atoms with Gasteiger partial charge in [0.2, 0.25) is 17.3 Å². The SMILES string of the molecule is COc1cc(-c2c(C#N)c(=N)oc3cc(N(C)C)ccc23)cc(Br)c1OC.COc1cc(C2(C)C(C#N)=C(N)Oc3cc(N(C)C)ccc32)cc(Br)c1OC.COc1cc(C2C(C#N)=C(N)Oc3cc(N(C)C)ccc32)cc(Br)c1OC. The Labute approximate surface area is 501 Å². The smallest absolute Gasteiger partial charge is 0.230 e. The van der Waals surface area contributed by atoms with Gasteiger partial charge in [-0.05, 0) is 132 Å². The molecule has 0 amide bonds. The molecule has 0 aliphatic carbocycles. The lowest BCUT2D eigenvalue weighted by Crippen LogP contribution is -2.34. The molecule has 424 valence electrons. The van der Waals surface area contributed by atoms with Crippen LogP contribution in [0.2, 0.25) is 0 Å². The second kappa shape index (κ2) is 25.4. The Balaban J connectivity index is 0.000000177. The van der Waals surface area contributed by atoms with Gasteiger partial charge < -0.3 is 68.5 Å². The van der Waals surface area contributed by atoms with Gasteiger partial charge in [0.1, 0.15) is 52.0 Å². The molecule has 7 aromatic rings. The molecule has 21 heteroatoms. The maximum absolute atomic E-state index is 9.88. The summed E-state index contributed by atoms with van der Waals surface area (Å²) in [5, 5.41) is 38.2. The zero-order valence-electron chi connectivity index (χ0n) is 47.4. The van der Waals surface area contributed by atoms with Crippen molar-refractivity contribution in [3.05, 3.63) is 161 Å². The van der Waals surface area contributed by atoms with Crippen LogP contribution in [0, 0.1) is 39.4 Å². The van der Waals surface area contributed by atoms with Gasteiger partial charge in [-0.3, -0.25) is 5.41 Å². The van der Waals surface area contributed by atoms with Crippen molar-refractivity contribution < 1.29 is 42.3 Å². The summed E-state index contributed by atoms with van der Waals surface area (Å²) in [6.07, 6.45) is 0. The van der Waals surface area contributed by atoms with Crippen LogP contribution in [-0.4, -0.2) is 84.9 Å². The van der Waals surface area contributed by atoms with Crippen molar-refractivity contribution in [2.75, 3.05) is 99.6 Å². The van der Waals surface area contributed by atoms with Crippen molar-refractivity contribution in [1.29, 1.82) is 21.2 Å². The molecular formula is C61H60Br3N9O9. The summed E-state index contributed by atoms with van der Waals surface area (Å²) in [4.78, 5) is 5.91. The highest BCUT2D eigenvalue weighted by molar-refractivity contribution is 9.11. The Morgan fingerprint density at radius 2 is 1.09 bits per heavy atom. The summed E-state index contributed by atoms with van der Waals surface area (Å²) < 4.78 is 51.9. The summed E-state index contributed by atoms with van der Waals surface area (Å²) in [5.41, 5.74) is 20.3. The lowest BCUT2D eigenvalue weighted by atomic mass is 9.69. The van der Waals surface area contributed by atoms with Crippen molar-refractivity contribution in [2.24, 2.45) is 11.5 Å². The highest BCUT2D eigenvalue weighted by Gasteiger charge is 2.43. The van der Waals surface area contributed by atoms with E-state index in [1.54, 1.807) is 48.7 Å². The molecule has 0 bridgehead atoms. The van der Waals surface area contributed by atoms with Crippen LogP contribution in [0.5, 0.6) is 46.0 Å². The molecule has 0 saturated heterocycles. The molecule has 6 aromatic carbocycles. The van der Waals surface area contributed by atoms with Crippen LogP contribution in [0.4, 0.5) is 17.1 Å². The molecule has 3 heterocycles. The number of benzene rings is 6. The Morgan fingerprint density at radius 3 is 1.63 bits per heavy atom. The number of halogens is 3. The molecule has 9 rings (SSSR count). The number of methoxy groups -OCH3 is 6. The van der Waals surface area contributed by atoms with Gasteiger partial charge in [0.15, 0.2) is 34.5 Å². The van der Waals surface area contributed by atoms with Crippen molar-refractivity contribution >= 4 is 75.8 Å². The quantitative estimate of drug-likeness (QED) is 0.103. The average Bonchev–Trinajstić information content (AvgIpc) is 3.26. The number of hydrogen-bond acceptors (Lipinski definition) is 18. The minimum atomic E-state index is -0.820. The molecule has 0 radical (unpaired) electrons. The summed E-state index contributed by atoms with van der Waals surface area (Å²) >= 11 is 10.6. The molecular weight excluding hydrogens is 1240 g/mol. The van der Waals surface area contributed by atoms with E-state index in [0.29, 0.717) is 72.8 Å². The van der Waals surface area contributed by atoms with E-state index in [-0.39, 0.29) is 28.8 Å². The minimum Gasteiger partial charge on any atom is -0.493 e. The van der Waals surface area contributed by atoms with Gasteiger partial charge in [0.25, 0.3) is 0 Å². The molecule has 2 atom stereocenters. The van der Waals surface area contributed by atoms with Crippen LogP contribution < -0.4 is 69.6 Å². The second-order valence-corrected chi connectivity index (χ2v) is 21.8. The Kier molecular flexibility index (Phi) is 18.9. The van der Waals surface area contributed by atoms with Gasteiger partial charge in [0, 0.05) is 99.6 Å². The Hall–Kier alpha value is -8.68. The largest absolute Gasteiger partial charge is 0.493 e. The van der Waals surface area contributed by atoms with Crippen LogP contribution >= 0.6 is 47.8 Å². The molecule has 1 aromatic heterocycles. The summed E-state index contributed by atoms with van der Waals surface area (Å²) in [6.45, 7) is 1.96. The van der Waals surface area contributed by atoms with Crippen molar-refractivity contribution in [3.63, 3.8) is 0 Å². The molecule has 5 N–H and O–H groups in total. The lowest BCUT2D eigenvalue weighted by molar-refractivity contribution is 0.350. The third-order valence-electron chi connectivity index (χ3n) is 13.9. The standard InChI is InChI=1S/C21H22BrN3O3.C20H20BrN3O3.C20H18BrN3O3/c1-21(12-8-16(22)19(27-5)18(9-12)26-4)14-7-6-13(25(2)3)10-17(14)28-20(24)15(21)11-23;2*1-24(2)12-5-6-13-16(9-12)27-20(23)14(10-22)18(13)11-7-15(21)19(26-4)17(8-11)25-3/h6-10H,24H2,1-5H3;5-9,18H,23H2,1-4H3;5-9,23H,1-4H3. The van der Waals surface area contributed by atoms with Crippen molar-refractivity contribution in [2.45, 2.75) is 18.3 Å². The molecule has 18 nitrogen and oxygen atoms in total. The van der Waals surface area contributed by atoms with Gasteiger partial charge >= 0.3 is 0 Å². The van der Waals surface area contributed by atoms with Crippen molar-refractivity contribution in [3.8, 4) is 75.3 Å². The number of nitrogens with two attached hydrogens (primary N) is 2. The fraction of sp³-hybridized carbons (Fsp3) is 0.246. The van der Waals surface area contributed by atoms with Crippen molar-refractivity contribution in [1.82, 2.24) is 0 Å². The first kappa shape index (κ1) is 61.0. The molecule has 2 aliphatic heterocycles. The number of allylic oxidation sites excluding steroid dienone is 2. The van der Waals surface area contributed by atoms with Gasteiger partial charge in [-0.25, -0.2) is 0 Å². The first-order valence-electron chi connectivity index (χ1n) is 24.9. The normalized spacial score (nSPS) is 14.7. The van der Waals surface area contributed by atoms with E-state index in [0.717, 1.165) is 59.2 Å². The third-order valence-corrected chi connectivity index (χ3v) is 15.7. The van der Waals surface area contributed by atoms with Gasteiger partial charge in [0.05, 0.1) is 67.4 Å². The summed E-state index contributed by atoms with van der Waals surface area (Å²) in [7, 11) is 21.1. The molecule has 0 spiro atoms. The third kappa shape index (κ3) is 11.6. The van der Waals surface area contributed by atoms with Gasteiger partial charge in [-0.1, -0.05) is 12.1 Å². The number of anilines is 3. The van der Waals surface area contributed by atoms with Crippen LogP contribution in [0.15, 0.2) is 132 Å². The topological polar surface area (TPSA) is 244 Å². The van der Waals surface area contributed by atoms with Crippen LogP contribution in [0.3, 0.4) is 0 Å². The van der Waals surface area contributed by atoms with E-state index in [1.807, 2.05) is 149 Å². The number of nitrogens with zero attached hydrogens (tertiary/aromatic N) is 6. The molecule has 0 saturated carbocycles. The first-order valence-corrected chi connectivity index (χ1v) is 27.2. The number of ether oxygens (including phenoxy) is 8. The predicted octanol–water partition coefficient (Wildman–Crippen LogP) is 12.0. The van der Waals surface area contributed by atoms with Gasteiger partial charge in [-0.2, -0.15) is 15.8 Å². The summed E-state index contributed by atoms with van der Waals surface area (Å²) in [5.74, 6) is 4.47. The Bertz CT molecular complexity index is 3900. The summed E-state index contributed by atoms with van der Waals surface area (Å²) in [6, 6.07) is 35.2. The second-order valence-electron chi connectivity index (χ2n) is 19.2. The van der Waals surface area contributed by atoms with E-state index < -0.39 is 5.41 Å². The monoisotopic (exact) mass is 1300 g/mol. The average molecular weight is 1300 g/mol. The number of nitriles is 3. The maximum atomic E-state index is 9.88. The fourth-order valence-electron chi connectivity index (χ4n) is 9.64. The molecule has 82 heavy (non-hydrogen) atoms. The molecule has 0 fully saturated rings. The van der Waals surface area contributed by atoms with Crippen LogP contribution in [0.1, 0.15) is 40.7 Å². The van der Waals surface area contributed by atoms with E-state index >= 15 is 0 Å². The Morgan fingerprint density at radius 1 is 0.573 bits per heavy atom. The number of hydrogen-bond donors (Lipinski definition) is 3. The van der Waals surface area contributed by atoms with Gasteiger partial charge in [-0.15, -0.1) is 0 Å². The van der Waals surface area contributed by atoms with Crippen LogP contribution in [0.25, 0.3) is 22.1 Å². The lowest BCUT2D eigenvalue weighted by Gasteiger charge is -2.36. The van der Waals surface area contributed by atoms with E-state index in [2.05, 4.69) is 66.0 Å². The number of rotatable bonds is 12. The van der Waals surface area contributed by atoms with Crippen LogP contribution in [-0.2, 0) is 5.41 Å². The molecule has 2 aliphatic rings. The molecule has 2 unspecified atom stereocenters. The first-order chi connectivity index (χ1) is 39.1. The number of fused-ring (bicyclic) bond motifs is 3. The highest BCUT2D eigenvalue weighted by Crippen LogP contribution is 2.52.